The summed E-state index contributed by atoms with van der Waals surface area (Å²) in [6, 6.07) is 0. The Hall–Kier alpha value is -0.233. The number of Topliss-reactive ketones (excluding diaryl/α,β-unsaturated/α-hetero) is 1. The maximum atomic E-state index is 11.3. The van der Waals surface area contributed by atoms with E-state index in [1.54, 1.807) is 6.92 Å². The van der Waals surface area contributed by atoms with E-state index in [2.05, 4.69) is 41.5 Å². The Labute approximate surface area is 130 Å². The third-order valence-corrected chi connectivity index (χ3v) is 10.8. The van der Waals surface area contributed by atoms with Gasteiger partial charge in [-0.15, -0.1) is 0 Å². The van der Waals surface area contributed by atoms with Crippen LogP contribution in [0.2, 0.25) is 16.6 Å². The zero-order valence-corrected chi connectivity index (χ0v) is 15.6. The molecule has 1 fully saturated rings. The molecule has 1 rings (SSSR count). The Balaban J connectivity index is 2.75. The predicted octanol–water partition coefficient (Wildman–Crippen LogP) is 3.90. The molecule has 0 bridgehead atoms. The van der Waals surface area contributed by atoms with Crippen molar-refractivity contribution >= 4 is 14.1 Å². The van der Waals surface area contributed by atoms with Crippen LogP contribution in [0.5, 0.6) is 0 Å². The lowest BCUT2D eigenvalue weighted by atomic mass is 10.1. The summed E-state index contributed by atoms with van der Waals surface area (Å²) in [6.45, 7) is 16.0. The van der Waals surface area contributed by atoms with E-state index in [9.17, 15) is 4.79 Å². The second-order valence-corrected chi connectivity index (χ2v) is 12.5. The number of ketones is 1. The minimum absolute atomic E-state index is 0.114. The third kappa shape index (κ3) is 4.37. The molecule has 5 heteroatoms. The molecule has 124 valence electrons. The number of carbonyl (C=O) groups excluding carboxylic acids is 1. The molecule has 2 atom stereocenters. The fourth-order valence-electron chi connectivity index (χ4n) is 3.78. The summed E-state index contributed by atoms with van der Waals surface area (Å²) in [5, 5.41) is 0. The molecule has 0 aromatic carbocycles. The van der Waals surface area contributed by atoms with Gasteiger partial charge in [-0.05, 0) is 23.5 Å². The van der Waals surface area contributed by atoms with Gasteiger partial charge in [0, 0.05) is 6.42 Å². The van der Waals surface area contributed by atoms with Gasteiger partial charge < -0.3 is 13.9 Å². The zero-order valence-electron chi connectivity index (χ0n) is 14.6. The van der Waals surface area contributed by atoms with Crippen LogP contribution in [-0.2, 0) is 18.7 Å². The number of hydrogen-bond acceptors (Lipinski definition) is 4. The number of rotatable bonds is 8. The van der Waals surface area contributed by atoms with Crippen LogP contribution in [0.3, 0.4) is 0 Å². The van der Waals surface area contributed by atoms with Gasteiger partial charge in [0.25, 0.3) is 0 Å². The minimum Gasteiger partial charge on any atom is -0.413 e. The average Bonchev–Trinajstić information content (AvgIpc) is 2.75. The average molecular weight is 317 g/mol. The third-order valence-electron chi connectivity index (χ3n) is 4.67. The monoisotopic (exact) mass is 316 g/mol. The highest BCUT2D eigenvalue weighted by atomic mass is 28.4. The molecular weight excluding hydrogens is 284 g/mol. The van der Waals surface area contributed by atoms with Crippen LogP contribution >= 0.6 is 0 Å². The van der Waals surface area contributed by atoms with Gasteiger partial charge in [0.2, 0.25) is 0 Å². The molecule has 1 aliphatic heterocycles. The van der Waals surface area contributed by atoms with Gasteiger partial charge in [0.1, 0.15) is 18.7 Å². The Morgan fingerprint density at radius 2 is 1.52 bits per heavy atom. The molecule has 0 amide bonds. The minimum atomic E-state index is -1.89. The molecule has 1 saturated heterocycles. The Kier molecular flexibility index (Phi) is 7.04. The van der Waals surface area contributed by atoms with Crippen molar-refractivity contribution in [3.8, 4) is 0 Å². The second-order valence-electron chi connectivity index (χ2n) is 7.06. The van der Waals surface area contributed by atoms with Gasteiger partial charge in [-0.2, -0.15) is 0 Å². The quantitative estimate of drug-likeness (QED) is 0.637. The van der Waals surface area contributed by atoms with E-state index in [-0.39, 0.29) is 24.8 Å². The largest absolute Gasteiger partial charge is 0.413 e. The lowest BCUT2D eigenvalue weighted by Crippen LogP contribution is -2.49. The van der Waals surface area contributed by atoms with E-state index >= 15 is 0 Å². The summed E-state index contributed by atoms with van der Waals surface area (Å²) in [5.74, 6) is 0.135. The fourth-order valence-corrected chi connectivity index (χ4v) is 9.24. The van der Waals surface area contributed by atoms with E-state index in [0.29, 0.717) is 29.7 Å². The van der Waals surface area contributed by atoms with E-state index < -0.39 is 8.32 Å². The molecule has 0 aliphatic carbocycles. The summed E-state index contributed by atoms with van der Waals surface area (Å²) in [4.78, 5) is 11.3. The lowest BCUT2D eigenvalue weighted by molar-refractivity contribution is -0.119. The maximum Gasteiger partial charge on any atom is 0.200 e. The second kappa shape index (κ2) is 7.86. The van der Waals surface area contributed by atoms with Crippen LogP contribution in [0.15, 0.2) is 0 Å². The molecule has 0 aromatic heterocycles. The van der Waals surface area contributed by atoms with Crippen molar-refractivity contribution in [1.82, 2.24) is 0 Å². The number of carbonyl (C=O) groups is 1. The van der Waals surface area contributed by atoms with Crippen molar-refractivity contribution in [3.63, 3.8) is 0 Å². The van der Waals surface area contributed by atoms with Crippen molar-refractivity contribution in [2.45, 2.75) is 83.7 Å². The van der Waals surface area contributed by atoms with Gasteiger partial charge >= 0.3 is 0 Å². The summed E-state index contributed by atoms with van der Waals surface area (Å²) in [5.41, 5.74) is 1.64. The zero-order chi connectivity index (χ0) is 16.2. The number of ether oxygens (including phenoxy) is 2. The van der Waals surface area contributed by atoms with Crippen LogP contribution in [0, 0.1) is 0 Å². The highest BCUT2D eigenvalue weighted by molar-refractivity contribution is 6.77. The number of hydrogen-bond donors (Lipinski definition) is 0. The van der Waals surface area contributed by atoms with E-state index in [4.69, 9.17) is 13.9 Å². The standard InChI is InChI=1S/C16H32O4Si/c1-11(2)21(12(3)4,13(5)6)20-9-16-15(8-14(7)17)18-10-19-16/h11-13,15-16H,8-10H2,1-7H3/t15-,16-/m1/s1. The van der Waals surface area contributed by atoms with Crippen LogP contribution in [0.4, 0.5) is 0 Å². The first-order valence-corrected chi connectivity index (χ1v) is 10.2. The van der Waals surface area contributed by atoms with Crippen molar-refractivity contribution in [3.05, 3.63) is 0 Å². The van der Waals surface area contributed by atoms with Gasteiger partial charge in [0.15, 0.2) is 8.32 Å². The van der Waals surface area contributed by atoms with Crippen molar-refractivity contribution in [1.29, 1.82) is 0 Å². The van der Waals surface area contributed by atoms with Gasteiger partial charge in [0.05, 0.1) is 12.7 Å². The molecule has 4 nitrogen and oxygen atoms in total. The van der Waals surface area contributed by atoms with Crippen molar-refractivity contribution in [2.75, 3.05) is 13.4 Å². The van der Waals surface area contributed by atoms with Gasteiger partial charge in [-0.3, -0.25) is 4.79 Å². The lowest BCUT2D eigenvalue weighted by Gasteiger charge is -2.42. The molecule has 0 spiro atoms. The normalized spacial score (nSPS) is 23.5. The summed E-state index contributed by atoms with van der Waals surface area (Å²) in [7, 11) is -1.89. The van der Waals surface area contributed by atoms with E-state index in [1.165, 1.54) is 0 Å². The summed E-state index contributed by atoms with van der Waals surface area (Å²) >= 11 is 0. The topological polar surface area (TPSA) is 44.8 Å². The first kappa shape index (κ1) is 18.8. The first-order valence-electron chi connectivity index (χ1n) is 8.08. The molecule has 0 aromatic rings. The van der Waals surface area contributed by atoms with E-state index in [1.807, 2.05) is 0 Å². The molecule has 21 heavy (non-hydrogen) atoms. The van der Waals surface area contributed by atoms with Gasteiger partial charge in [-0.25, -0.2) is 0 Å². The van der Waals surface area contributed by atoms with Crippen LogP contribution < -0.4 is 0 Å². The Morgan fingerprint density at radius 1 is 1.05 bits per heavy atom. The van der Waals surface area contributed by atoms with Crippen LogP contribution in [-0.4, -0.2) is 39.7 Å². The SMILES string of the molecule is CC(=O)C[C@H]1OCO[C@@H]1CO[Si](C(C)C)(C(C)C)C(C)C. The highest BCUT2D eigenvalue weighted by Gasteiger charge is 2.46. The molecule has 0 saturated carbocycles. The molecule has 1 heterocycles. The molecule has 0 unspecified atom stereocenters. The molecule has 0 radical (unpaired) electrons. The van der Waals surface area contributed by atoms with Crippen molar-refractivity contribution in [2.24, 2.45) is 0 Å². The Bertz CT molecular complexity index is 319. The molecular formula is C16H32O4Si. The smallest absolute Gasteiger partial charge is 0.200 e. The maximum absolute atomic E-state index is 11.3. The Morgan fingerprint density at radius 3 is 1.95 bits per heavy atom. The fraction of sp³-hybridized carbons (Fsp3) is 0.938. The van der Waals surface area contributed by atoms with E-state index in [0.717, 1.165) is 0 Å². The van der Waals surface area contributed by atoms with Crippen LogP contribution in [0.1, 0.15) is 54.9 Å². The predicted molar refractivity (Wildman–Crippen MR) is 86.9 cm³/mol. The van der Waals surface area contributed by atoms with Crippen molar-refractivity contribution < 1.29 is 18.7 Å². The first-order chi connectivity index (χ1) is 9.71. The highest BCUT2D eigenvalue weighted by Crippen LogP contribution is 2.42. The summed E-state index contributed by atoms with van der Waals surface area (Å²) in [6.07, 6.45) is 0.144. The molecule has 1 aliphatic rings. The molecule has 0 N–H and O–H groups in total. The van der Waals surface area contributed by atoms with Gasteiger partial charge in [-0.1, -0.05) is 41.5 Å². The van der Waals surface area contributed by atoms with Crippen LogP contribution in [0.25, 0.3) is 0 Å². The summed E-state index contributed by atoms with van der Waals surface area (Å²) < 4.78 is 17.7.